The quantitative estimate of drug-likeness (QED) is 0.791. The van der Waals surface area contributed by atoms with E-state index in [0.717, 1.165) is 11.3 Å². The van der Waals surface area contributed by atoms with E-state index in [1.54, 1.807) is 0 Å². The van der Waals surface area contributed by atoms with Crippen molar-refractivity contribution < 1.29 is 9.53 Å². The third-order valence-electron chi connectivity index (χ3n) is 3.07. The Kier molecular flexibility index (Phi) is 6.36. The van der Waals surface area contributed by atoms with Gasteiger partial charge in [-0.15, -0.1) is 0 Å². The molecule has 0 aliphatic rings. The first kappa shape index (κ1) is 15.5. The van der Waals surface area contributed by atoms with Gasteiger partial charge in [-0.3, -0.25) is 4.79 Å². The van der Waals surface area contributed by atoms with E-state index in [-0.39, 0.29) is 17.7 Å². The second kappa shape index (κ2) is 7.79. The van der Waals surface area contributed by atoms with Gasteiger partial charge in [0, 0.05) is 13.1 Å². The first-order valence-corrected chi connectivity index (χ1v) is 6.78. The largest absolute Gasteiger partial charge is 0.494 e. The number of ether oxygens (including phenoxy) is 1. The van der Waals surface area contributed by atoms with E-state index in [4.69, 9.17) is 10.5 Å². The molecule has 1 amide bonds. The number of rotatable bonds is 7. The van der Waals surface area contributed by atoms with Crippen molar-refractivity contribution in [2.45, 2.75) is 27.3 Å². The predicted molar refractivity (Wildman–Crippen MR) is 76.8 cm³/mol. The molecule has 4 nitrogen and oxygen atoms in total. The van der Waals surface area contributed by atoms with E-state index in [1.165, 1.54) is 0 Å². The highest BCUT2D eigenvalue weighted by molar-refractivity contribution is 5.79. The fourth-order valence-electron chi connectivity index (χ4n) is 1.91. The minimum absolute atomic E-state index is 0.0133. The third-order valence-corrected chi connectivity index (χ3v) is 3.07. The second-order valence-electron chi connectivity index (χ2n) is 4.88. The molecule has 0 saturated heterocycles. The molecule has 1 aromatic carbocycles. The van der Waals surface area contributed by atoms with Crippen LogP contribution in [0, 0.1) is 11.8 Å². The summed E-state index contributed by atoms with van der Waals surface area (Å²) in [6.45, 7) is 7.48. The van der Waals surface area contributed by atoms with Crippen molar-refractivity contribution in [1.82, 2.24) is 5.32 Å². The molecule has 4 heteroatoms. The molecule has 1 rings (SSSR count). The van der Waals surface area contributed by atoms with Crippen molar-refractivity contribution in [3.63, 3.8) is 0 Å². The van der Waals surface area contributed by atoms with Crippen LogP contribution in [0.15, 0.2) is 24.3 Å². The van der Waals surface area contributed by atoms with Gasteiger partial charge in [0.15, 0.2) is 0 Å². The van der Waals surface area contributed by atoms with Gasteiger partial charge in [-0.05, 0) is 30.5 Å². The summed E-state index contributed by atoms with van der Waals surface area (Å²) in [7, 11) is 0. The van der Waals surface area contributed by atoms with Crippen LogP contribution >= 0.6 is 0 Å². The van der Waals surface area contributed by atoms with Crippen molar-refractivity contribution in [3.8, 4) is 5.75 Å². The van der Waals surface area contributed by atoms with Gasteiger partial charge in [-0.1, -0.05) is 26.0 Å². The standard InChI is InChI=1S/C15H24N2O2/c1-4-19-13-7-5-6-12(8-13)10-17-15(18)14(9-16)11(2)3/h5-8,11,14H,4,9-10,16H2,1-3H3,(H,17,18). The maximum Gasteiger partial charge on any atom is 0.224 e. The lowest BCUT2D eigenvalue weighted by atomic mass is 9.95. The van der Waals surface area contributed by atoms with E-state index in [9.17, 15) is 4.79 Å². The molecule has 106 valence electrons. The molecule has 0 aliphatic heterocycles. The van der Waals surface area contributed by atoms with Crippen molar-refractivity contribution in [2.24, 2.45) is 17.6 Å². The molecule has 0 fully saturated rings. The Bertz CT molecular complexity index is 405. The molecular formula is C15H24N2O2. The lowest BCUT2D eigenvalue weighted by molar-refractivity contribution is -0.126. The number of amides is 1. The van der Waals surface area contributed by atoms with Gasteiger partial charge in [0.1, 0.15) is 5.75 Å². The molecule has 1 atom stereocenters. The molecule has 0 aromatic heterocycles. The zero-order valence-electron chi connectivity index (χ0n) is 12.0. The smallest absolute Gasteiger partial charge is 0.224 e. The van der Waals surface area contributed by atoms with Gasteiger partial charge < -0.3 is 15.8 Å². The minimum atomic E-state index is -0.130. The Balaban J connectivity index is 2.56. The average molecular weight is 264 g/mol. The summed E-state index contributed by atoms with van der Waals surface area (Å²) in [6.07, 6.45) is 0. The summed E-state index contributed by atoms with van der Waals surface area (Å²) in [4.78, 5) is 12.0. The van der Waals surface area contributed by atoms with Crippen LogP contribution in [0.4, 0.5) is 0 Å². The number of carbonyl (C=O) groups excluding carboxylic acids is 1. The summed E-state index contributed by atoms with van der Waals surface area (Å²) in [5, 5.41) is 2.93. The molecule has 19 heavy (non-hydrogen) atoms. The Hall–Kier alpha value is -1.55. The van der Waals surface area contributed by atoms with E-state index in [1.807, 2.05) is 45.0 Å². The van der Waals surface area contributed by atoms with Crippen LogP contribution in [-0.4, -0.2) is 19.1 Å². The molecule has 0 bridgehead atoms. The highest BCUT2D eigenvalue weighted by Crippen LogP contribution is 2.14. The zero-order chi connectivity index (χ0) is 14.3. The minimum Gasteiger partial charge on any atom is -0.494 e. The summed E-state index contributed by atoms with van der Waals surface area (Å²) in [6, 6.07) is 7.74. The highest BCUT2D eigenvalue weighted by Gasteiger charge is 2.19. The summed E-state index contributed by atoms with van der Waals surface area (Å²) < 4.78 is 5.43. The number of carbonyl (C=O) groups is 1. The number of hydrogen-bond donors (Lipinski definition) is 2. The van der Waals surface area contributed by atoms with Gasteiger partial charge in [0.05, 0.1) is 12.5 Å². The van der Waals surface area contributed by atoms with Crippen LogP contribution < -0.4 is 15.8 Å². The normalized spacial score (nSPS) is 12.3. The lowest BCUT2D eigenvalue weighted by Gasteiger charge is -2.18. The lowest BCUT2D eigenvalue weighted by Crippen LogP contribution is -2.37. The molecule has 3 N–H and O–H groups in total. The fourth-order valence-corrected chi connectivity index (χ4v) is 1.91. The van der Waals surface area contributed by atoms with Crippen molar-refractivity contribution in [1.29, 1.82) is 0 Å². The topological polar surface area (TPSA) is 64.3 Å². The molecule has 0 spiro atoms. The maximum atomic E-state index is 12.0. The zero-order valence-corrected chi connectivity index (χ0v) is 12.0. The van der Waals surface area contributed by atoms with Gasteiger partial charge in [-0.2, -0.15) is 0 Å². The number of benzene rings is 1. The third kappa shape index (κ3) is 4.91. The summed E-state index contributed by atoms with van der Waals surface area (Å²) >= 11 is 0. The van der Waals surface area contributed by atoms with Crippen LogP contribution in [-0.2, 0) is 11.3 Å². The van der Waals surface area contributed by atoms with Crippen LogP contribution in [0.5, 0.6) is 5.75 Å². The summed E-state index contributed by atoms with van der Waals surface area (Å²) in [5.74, 6) is 0.961. The summed E-state index contributed by atoms with van der Waals surface area (Å²) in [5.41, 5.74) is 6.65. The number of hydrogen-bond acceptors (Lipinski definition) is 3. The van der Waals surface area contributed by atoms with Crippen LogP contribution in [0.1, 0.15) is 26.3 Å². The SMILES string of the molecule is CCOc1cccc(CNC(=O)C(CN)C(C)C)c1. The van der Waals surface area contributed by atoms with Crippen molar-refractivity contribution in [2.75, 3.05) is 13.2 Å². The van der Waals surface area contributed by atoms with Gasteiger partial charge in [0.25, 0.3) is 0 Å². The monoisotopic (exact) mass is 264 g/mol. The van der Waals surface area contributed by atoms with Gasteiger partial charge >= 0.3 is 0 Å². The predicted octanol–water partition coefficient (Wildman–Crippen LogP) is 1.93. The second-order valence-corrected chi connectivity index (χ2v) is 4.88. The molecule has 1 unspecified atom stereocenters. The van der Waals surface area contributed by atoms with Crippen LogP contribution in [0.3, 0.4) is 0 Å². The molecule has 0 radical (unpaired) electrons. The molecule has 0 aliphatic carbocycles. The van der Waals surface area contributed by atoms with E-state index >= 15 is 0 Å². The first-order valence-electron chi connectivity index (χ1n) is 6.78. The van der Waals surface area contributed by atoms with E-state index in [2.05, 4.69) is 5.32 Å². The van der Waals surface area contributed by atoms with Gasteiger partial charge in [-0.25, -0.2) is 0 Å². The Morgan fingerprint density at radius 1 is 1.42 bits per heavy atom. The fraction of sp³-hybridized carbons (Fsp3) is 0.533. The Morgan fingerprint density at radius 3 is 2.74 bits per heavy atom. The Labute approximate surface area is 115 Å². The van der Waals surface area contributed by atoms with Gasteiger partial charge in [0.2, 0.25) is 5.91 Å². The highest BCUT2D eigenvalue weighted by atomic mass is 16.5. The first-order chi connectivity index (χ1) is 9.08. The van der Waals surface area contributed by atoms with Crippen molar-refractivity contribution in [3.05, 3.63) is 29.8 Å². The number of nitrogens with one attached hydrogen (secondary N) is 1. The molecule has 0 saturated carbocycles. The number of nitrogens with two attached hydrogens (primary N) is 1. The Morgan fingerprint density at radius 2 is 2.16 bits per heavy atom. The maximum absolute atomic E-state index is 12.0. The average Bonchev–Trinajstić information content (AvgIpc) is 2.37. The van der Waals surface area contributed by atoms with E-state index in [0.29, 0.717) is 19.7 Å². The molecular weight excluding hydrogens is 240 g/mol. The van der Waals surface area contributed by atoms with Crippen molar-refractivity contribution >= 4 is 5.91 Å². The van der Waals surface area contributed by atoms with E-state index < -0.39 is 0 Å². The van der Waals surface area contributed by atoms with Crippen LogP contribution in [0.25, 0.3) is 0 Å². The molecule has 0 heterocycles. The molecule has 1 aromatic rings. The van der Waals surface area contributed by atoms with Crippen LogP contribution in [0.2, 0.25) is 0 Å².